The Kier molecular flexibility index (Phi) is 6.32. The molecule has 2 heterocycles. The molecule has 1 aromatic carbocycles. The van der Waals surface area contributed by atoms with E-state index in [1.807, 2.05) is 50.2 Å². The van der Waals surface area contributed by atoms with Crippen LogP contribution in [-0.4, -0.2) is 20.9 Å². The molecule has 0 saturated carbocycles. The van der Waals surface area contributed by atoms with E-state index in [1.165, 1.54) is 6.07 Å². The zero-order valence-corrected chi connectivity index (χ0v) is 16.1. The summed E-state index contributed by atoms with van der Waals surface area (Å²) in [6, 6.07) is 14.6. The molecule has 3 rings (SSSR count). The van der Waals surface area contributed by atoms with Crippen molar-refractivity contribution >= 4 is 5.91 Å². The minimum Gasteiger partial charge on any atom is -0.347 e. The number of aromatic nitrogens is 3. The predicted molar refractivity (Wildman–Crippen MR) is 109 cm³/mol. The number of hydrogen-bond acceptors (Lipinski definition) is 4. The highest BCUT2D eigenvalue weighted by Gasteiger charge is 2.21. The number of carbonyl (C=O) groups excluding carboxylic acids is 1. The van der Waals surface area contributed by atoms with Crippen molar-refractivity contribution in [3.63, 3.8) is 0 Å². The number of aromatic amines is 1. The zero-order chi connectivity index (χ0) is 19.9. The minimum absolute atomic E-state index is 0.0624. The van der Waals surface area contributed by atoms with E-state index in [4.69, 9.17) is 0 Å². The van der Waals surface area contributed by atoms with Gasteiger partial charge in [-0.2, -0.15) is 0 Å². The van der Waals surface area contributed by atoms with Crippen LogP contribution in [0.15, 0.2) is 65.7 Å². The van der Waals surface area contributed by atoms with Crippen LogP contribution in [0.1, 0.15) is 37.6 Å². The maximum atomic E-state index is 12.5. The molecule has 0 saturated heterocycles. The van der Waals surface area contributed by atoms with Crippen LogP contribution in [0.5, 0.6) is 0 Å². The number of pyridine rings is 1. The van der Waals surface area contributed by atoms with Gasteiger partial charge in [0.05, 0.1) is 11.7 Å². The van der Waals surface area contributed by atoms with E-state index >= 15 is 0 Å². The molecule has 6 heteroatoms. The summed E-state index contributed by atoms with van der Waals surface area (Å²) in [5, 5.41) is 3.04. The summed E-state index contributed by atoms with van der Waals surface area (Å²) in [6.45, 7) is 3.99. The highest BCUT2D eigenvalue weighted by molar-refractivity contribution is 5.76. The van der Waals surface area contributed by atoms with Gasteiger partial charge in [0.25, 0.3) is 5.56 Å². The van der Waals surface area contributed by atoms with Crippen molar-refractivity contribution in [2.45, 2.75) is 32.7 Å². The lowest BCUT2D eigenvalue weighted by molar-refractivity contribution is -0.122. The normalized spacial score (nSPS) is 12.0. The Balaban J connectivity index is 1.77. The Bertz CT molecular complexity index is 969. The number of carbonyl (C=O) groups is 1. The number of aryl methyl sites for hydroxylation is 1. The van der Waals surface area contributed by atoms with Crippen LogP contribution < -0.4 is 10.9 Å². The largest absolute Gasteiger partial charge is 0.347 e. The molecule has 2 aromatic heterocycles. The van der Waals surface area contributed by atoms with Crippen molar-refractivity contribution < 1.29 is 4.79 Å². The molecule has 0 unspecified atom stereocenters. The third kappa shape index (κ3) is 5.13. The number of nitrogens with one attached hydrogen (secondary N) is 2. The molecule has 1 atom stereocenters. The average molecular weight is 376 g/mol. The fourth-order valence-electron chi connectivity index (χ4n) is 3.01. The van der Waals surface area contributed by atoms with E-state index in [9.17, 15) is 9.59 Å². The zero-order valence-electron chi connectivity index (χ0n) is 16.1. The van der Waals surface area contributed by atoms with Gasteiger partial charge in [-0.05, 0) is 30.0 Å². The van der Waals surface area contributed by atoms with E-state index in [1.54, 1.807) is 18.5 Å². The predicted octanol–water partition coefficient (Wildman–Crippen LogP) is 3.28. The first-order valence-electron chi connectivity index (χ1n) is 9.38. The number of nitrogens with zero attached hydrogens (tertiary/aromatic N) is 2. The monoisotopic (exact) mass is 376 g/mol. The Morgan fingerprint density at radius 1 is 1.14 bits per heavy atom. The first kappa shape index (κ1) is 19.5. The van der Waals surface area contributed by atoms with Gasteiger partial charge in [0, 0.05) is 30.4 Å². The van der Waals surface area contributed by atoms with Gasteiger partial charge in [-0.15, -0.1) is 0 Å². The second-order valence-electron chi connectivity index (χ2n) is 7.04. The molecule has 3 aromatic rings. The molecule has 28 heavy (non-hydrogen) atoms. The summed E-state index contributed by atoms with van der Waals surface area (Å²) >= 11 is 0. The summed E-state index contributed by atoms with van der Waals surface area (Å²) in [5.41, 5.74) is 2.13. The van der Waals surface area contributed by atoms with Crippen LogP contribution in [0.2, 0.25) is 0 Å². The van der Waals surface area contributed by atoms with Gasteiger partial charge >= 0.3 is 0 Å². The van der Waals surface area contributed by atoms with Crippen molar-refractivity contribution in [3.8, 4) is 11.4 Å². The lowest BCUT2D eigenvalue weighted by Gasteiger charge is -2.22. The first-order valence-corrected chi connectivity index (χ1v) is 9.38. The van der Waals surface area contributed by atoms with Gasteiger partial charge in [-0.3, -0.25) is 14.6 Å². The van der Waals surface area contributed by atoms with Gasteiger partial charge in [-0.25, -0.2) is 4.98 Å². The quantitative estimate of drug-likeness (QED) is 0.662. The molecule has 144 valence electrons. The average Bonchev–Trinajstić information content (AvgIpc) is 2.71. The van der Waals surface area contributed by atoms with Crippen molar-refractivity contribution in [2.24, 2.45) is 5.92 Å². The van der Waals surface area contributed by atoms with E-state index in [0.29, 0.717) is 24.4 Å². The molecule has 0 bridgehead atoms. The van der Waals surface area contributed by atoms with Crippen LogP contribution >= 0.6 is 0 Å². The number of rotatable bonds is 7. The molecule has 2 N–H and O–H groups in total. The summed E-state index contributed by atoms with van der Waals surface area (Å²) in [6.07, 6.45) is 4.35. The van der Waals surface area contributed by atoms with Crippen molar-refractivity contribution in [1.29, 1.82) is 0 Å². The smallest absolute Gasteiger partial charge is 0.251 e. The standard InChI is InChI=1S/C22H24N4O2/c1-15(2)21(25-19(27)11-10-16-7-4-3-5-8-16)18-13-20(28)26-22(24-18)17-9-6-12-23-14-17/h3-9,12-15,21H,10-11H2,1-2H3,(H,25,27)(H,24,26,28)/t21-/m1/s1. The summed E-state index contributed by atoms with van der Waals surface area (Å²) < 4.78 is 0. The van der Waals surface area contributed by atoms with Gasteiger partial charge in [-0.1, -0.05) is 44.2 Å². The number of H-pyrrole nitrogens is 1. The Hall–Kier alpha value is -3.28. The van der Waals surface area contributed by atoms with Crippen LogP contribution in [0.25, 0.3) is 11.4 Å². The second kappa shape index (κ2) is 9.08. The van der Waals surface area contributed by atoms with Crippen molar-refractivity contribution in [1.82, 2.24) is 20.3 Å². The first-order chi connectivity index (χ1) is 13.5. The number of benzene rings is 1. The van der Waals surface area contributed by atoms with Gasteiger partial charge in [0.2, 0.25) is 5.91 Å². The Morgan fingerprint density at radius 2 is 1.93 bits per heavy atom. The molecule has 0 radical (unpaired) electrons. The molecule has 0 spiro atoms. The second-order valence-corrected chi connectivity index (χ2v) is 7.04. The van der Waals surface area contributed by atoms with Crippen LogP contribution in [-0.2, 0) is 11.2 Å². The fourth-order valence-corrected chi connectivity index (χ4v) is 3.01. The van der Waals surface area contributed by atoms with Gasteiger partial charge in [0.1, 0.15) is 5.82 Å². The summed E-state index contributed by atoms with van der Waals surface area (Å²) in [5.74, 6) is 0.462. The van der Waals surface area contributed by atoms with E-state index < -0.39 is 0 Å². The maximum absolute atomic E-state index is 12.5. The van der Waals surface area contributed by atoms with Crippen molar-refractivity contribution in [3.05, 3.63) is 82.5 Å². The Labute approximate surface area is 164 Å². The van der Waals surface area contributed by atoms with E-state index in [2.05, 4.69) is 20.3 Å². The van der Waals surface area contributed by atoms with Gasteiger partial charge < -0.3 is 10.3 Å². The van der Waals surface area contributed by atoms with Crippen LogP contribution in [0, 0.1) is 5.92 Å². The lowest BCUT2D eigenvalue weighted by atomic mass is 9.99. The molecule has 0 aliphatic heterocycles. The molecule has 6 nitrogen and oxygen atoms in total. The number of hydrogen-bond donors (Lipinski definition) is 2. The van der Waals surface area contributed by atoms with E-state index in [0.717, 1.165) is 11.1 Å². The molecular formula is C22H24N4O2. The molecule has 0 aliphatic carbocycles. The van der Waals surface area contributed by atoms with Gasteiger partial charge in [0.15, 0.2) is 0 Å². The summed E-state index contributed by atoms with van der Waals surface area (Å²) in [4.78, 5) is 36.1. The molecule has 0 fully saturated rings. The summed E-state index contributed by atoms with van der Waals surface area (Å²) in [7, 11) is 0. The fraction of sp³-hybridized carbons (Fsp3) is 0.273. The lowest BCUT2D eigenvalue weighted by Crippen LogP contribution is -2.33. The minimum atomic E-state index is -0.346. The topological polar surface area (TPSA) is 87.7 Å². The highest BCUT2D eigenvalue weighted by atomic mass is 16.1. The number of amides is 1. The molecule has 0 aliphatic rings. The maximum Gasteiger partial charge on any atom is 0.251 e. The van der Waals surface area contributed by atoms with E-state index in [-0.39, 0.29) is 23.4 Å². The molecular weight excluding hydrogens is 352 g/mol. The third-order valence-electron chi connectivity index (χ3n) is 4.48. The van der Waals surface area contributed by atoms with Crippen molar-refractivity contribution in [2.75, 3.05) is 0 Å². The van der Waals surface area contributed by atoms with Crippen LogP contribution in [0.4, 0.5) is 0 Å². The Morgan fingerprint density at radius 3 is 2.61 bits per heavy atom. The van der Waals surface area contributed by atoms with Crippen LogP contribution in [0.3, 0.4) is 0 Å². The highest BCUT2D eigenvalue weighted by Crippen LogP contribution is 2.21. The molecule has 1 amide bonds. The SMILES string of the molecule is CC(C)[C@@H](NC(=O)CCc1ccccc1)c1cc(=O)[nH]c(-c2cccnc2)n1. The third-order valence-corrected chi connectivity index (χ3v) is 4.48.